The fourth-order valence-corrected chi connectivity index (χ4v) is 7.54. The molecule has 228 valence electrons. The minimum atomic E-state index is -2.20. The van der Waals surface area contributed by atoms with E-state index in [0.717, 1.165) is 24.8 Å². The number of carbonyl (C=O) groups is 3. The average Bonchev–Trinajstić information content (AvgIpc) is 3.38. The van der Waals surface area contributed by atoms with Crippen LogP contribution in [0.2, 0.25) is 0 Å². The molecule has 1 amide bonds. The molecule has 41 heavy (non-hydrogen) atoms. The van der Waals surface area contributed by atoms with Gasteiger partial charge in [0.2, 0.25) is 11.3 Å². The van der Waals surface area contributed by atoms with E-state index in [4.69, 9.17) is 14.2 Å². The van der Waals surface area contributed by atoms with Crippen molar-refractivity contribution in [1.82, 2.24) is 14.1 Å². The number of rotatable bonds is 10. The number of ether oxygens (including phenoxy) is 3. The number of hydrogen-bond donors (Lipinski definition) is 1. The Labute approximate surface area is 244 Å². The second-order valence-corrected chi connectivity index (χ2v) is 12.2. The normalized spacial score (nSPS) is 29.0. The van der Waals surface area contributed by atoms with Crippen LogP contribution in [0.1, 0.15) is 51.5 Å². The maximum Gasteiger partial charge on any atom is 0.410 e. The number of benzene rings is 1. The van der Waals surface area contributed by atoms with E-state index in [0.29, 0.717) is 39.0 Å². The monoisotopic (exact) mass is 593 g/mol. The van der Waals surface area contributed by atoms with Crippen molar-refractivity contribution < 1.29 is 37.4 Å². The summed E-state index contributed by atoms with van der Waals surface area (Å²) in [6.45, 7) is 5.94. The van der Waals surface area contributed by atoms with E-state index in [-0.39, 0.29) is 43.0 Å². The highest BCUT2D eigenvalue weighted by atomic mass is 32.2. The van der Waals surface area contributed by atoms with Crippen molar-refractivity contribution in [1.29, 1.82) is 0 Å². The molecule has 2 saturated heterocycles. The first-order valence-corrected chi connectivity index (χ1v) is 15.6. The SMILES string of the molecule is CCOC(=O)C1CC(N(Cc2ccccc2)S(=O)O)CN1CC1CCC2CN(C(=O)OC)C(C(=O)OCC)CC2C1. The molecule has 11 nitrogen and oxygen atoms in total. The summed E-state index contributed by atoms with van der Waals surface area (Å²) >= 11 is -2.20. The third kappa shape index (κ3) is 7.65. The van der Waals surface area contributed by atoms with Crippen molar-refractivity contribution in [3.05, 3.63) is 35.9 Å². The molecule has 7 unspecified atom stereocenters. The van der Waals surface area contributed by atoms with E-state index in [1.807, 2.05) is 30.3 Å². The molecule has 3 fully saturated rings. The van der Waals surface area contributed by atoms with Crippen molar-refractivity contribution in [3.8, 4) is 0 Å². The van der Waals surface area contributed by atoms with Crippen LogP contribution in [-0.2, 0) is 41.6 Å². The Morgan fingerprint density at radius 1 is 0.951 bits per heavy atom. The first-order valence-electron chi connectivity index (χ1n) is 14.6. The average molecular weight is 594 g/mol. The summed E-state index contributed by atoms with van der Waals surface area (Å²) in [4.78, 5) is 41.8. The first-order chi connectivity index (χ1) is 19.7. The van der Waals surface area contributed by atoms with Gasteiger partial charge in [-0.25, -0.2) is 13.8 Å². The number of carbonyl (C=O) groups excluding carboxylic acids is 3. The van der Waals surface area contributed by atoms with Gasteiger partial charge in [-0.2, -0.15) is 4.31 Å². The molecule has 7 atom stereocenters. The summed E-state index contributed by atoms with van der Waals surface area (Å²) in [7, 11) is 1.32. The van der Waals surface area contributed by atoms with E-state index >= 15 is 0 Å². The minimum absolute atomic E-state index is 0.239. The molecule has 0 spiro atoms. The molecule has 1 N–H and O–H groups in total. The van der Waals surface area contributed by atoms with Gasteiger partial charge in [0.1, 0.15) is 12.1 Å². The van der Waals surface area contributed by atoms with Gasteiger partial charge in [0.15, 0.2) is 0 Å². The lowest BCUT2D eigenvalue weighted by Crippen LogP contribution is -2.55. The molecule has 1 aliphatic carbocycles. The molecule has 2 aliphatic heterocycles. The van der Waals surface area contributed by atoms with Crippen LogP contribution in [0.5, 0.6) is 0 Å². The molecular formula is C29H43N3O8S. The van der Waals surface area contributed by atoms with Crippen LogP contribution >= 0.6 is 0 Å². The number of likely N-dealkylation sites (tertiary alicyclic amines) is 2. The molecule has 2 heterocycles. The molecular weight excluding hydrogens is 550 g/mol. The maximum atomic E-state index is 13.0. The van der Waals surface area contributed by atoms with Crippen LogP contribution in [0.25, 0.3) is 0 Å². The molecule has 1 aromatic carbocycles. The number of esters is 2. The van der Waals surface area contributed by atoms with Crippen molar-refractivity contribution in [2.45, 2.75) is 70.6 Å². The summed E-state index contributed by atoms with van der Waals surface area (Å²) < 4.78 is 39.8. The first kappa shape index (κ1) is 31.4. The molecule has 1 saturated carbocycles. The van der Waals surface area contributed by atoms with Crippen molar-refractivity contribution in [2.24, 2.45) is 17.8 Å². The zero-order valence-corrected chi connectivity index (χ0v) is 25.0. The van der Waals surface area contributed by atoms with Crippen LogP contribution in [0.4, 0.5) is 4.79 Å². The quantitative estimate of drug-likeness (QED) is 0.247. The topological polar surface area (TPSA) is 126 Å². The molecule has 0 bridgehead atoms. The molecule has 0 aromatic heterocycles. The second-order valence-electron chi connectivity index (χ2n) is 11.2. The van der Waals surface area contributed by atoms with E-state index in [9.17, 15) is 23.1 Å². The van der Waals surface area contributed by atoms with Gasteiger partial charge >= 0.3 is 18.0 Å². The Hall–Kier alpha value is -2.54. The molecule has 1 aromatic rings. The summed E-state index contributed by atoms with van der Waals surface area (Å²) in [5.41, 5.74) is 0.925. The zero-order valence-electron chi connectivity index (χ0n) is 24.2. The minimum Gasteiger partial charge on any atom is -0.465 e. The highest BCUT2D eigenvalue weighted by Crippen LogP contribution is 2.42. The Balaban J connectivity index is 1.46. The van der Waals surface area contributed by atoms with E-state index in [2.05, 4.69) is 4.90 Å². The van der Waals surface area contributed by atoms with E-state index < -0.39 is 35.4 Å². The van der Waals surface area contributed by atoms with Gasteiger partial charge in [0.25, 0.3) is 0 Å². The van der Waals surface area contributed by atoms with E-state index in [1.54, 1.807) is 18.2 Å². The predicted molar refractivity (Wildman–Crippen MR) is 152 cm³/mol. The number of methoxy groups -OCH3 is 1. The van der Waals surface area contributed by atoms with Crippen LogP contribution < -0.4 is 0 Å². The Morgan fingerprint density at radius 3 is 2.27 bits per heavy atom. The fourth-order valence-electron chi connectivity index (χ4n) is 6.87. The molecule has 4 rings (SSSR count). The van der Waals surface area contributed by atoms with Gasteiger partial charge in [-0.1, -0.05) is 30.3 Å². The lowest BCUT2D eigenvalue weighted by molar-refractivity contribution is -0.153. The predicted octanol–water partition coefficient (Wildman–Crippen LogP) is 3.07. The standard InChI is InChI=1S/C29H43N3O8S/c1-4-39-27(33)25-15-24(32(41(36)37)17-20-9-7-6-8-10-20)19-30(25)16-21-11-12-22-18-31(29(35)38-3)26(14-23(22)13-21)28(34)40-5-2/h6-10,21-26H,4-5,11-19H2,1-3H3,(H,36,37). The summed E-state index contributed by atoms with van der Waals surface area (Å²) in [5, 5.41) is 0. The van der Waals surface area contributed by atoms with Crippen LogP contribution in [0, 0.1) is 17.8 Å². The second kappa shape index (κ2) is 14.6. The largest absolute Gasteiger partial charge is 0.465 e. The number of nitrogens with zero attached hydrogens (tertiary/aromatic N) is 3. The summed E-state index contributed by atoms with van der Waals surface area (Å²) in [6.07, 6.45) is 3.12. The third-order valence-electron chi connectivity index (χ3n) is 8.77. The van der Waals surface area contributed by atoms with Crippen LogP contribution in [0.3, 0.4) is 0 Å². The maximum absolute atomic E-state index is 13.0. The van der Waals surface area contributed by atoms with E-state index in [1.165, 1.54) is 12.0 Å². The lowest BCUT2D eigenvalue weighted by Gasteiger charge is -2.46. The van der Waals surface area contributed by atoms with Crippen LogP contribution in [0.15, 0.2) is 30.3 Å². The molecule has 3 aliphatic rings. The molecule has 12 heteroatoms. The van der Waals surface area contributed by atoms with Gasteiger partial charge in [0.05, 0.1) is 20.3 Å². The Morgan fingerprint density at radius 2 is 1.63 bits per heavy atom. The highest BCUT2D eigenvalue weighted by Gasteiger charge is 2.47. The fraction of sp³-hybridized carbons (Fsp3) is 0.690. The third-order valence-corrected chi connectivity index (χ3v) is 9.60. The van der Waals surface area contributed by atoms with Gasteiger partial charge in [0, 0.05) is 32.2 Å². The smallest absolute Gasteiger partial charge is 0.410 e. The van der Waals surface area contributed by atoms with Crippen molar-refractivity contribution >= 4 is 29.3 Å². The van der Waals surface area contributed by atoms with Gasteiger partial charge < -0.3 is 14.2 Å². The van der Waals surface area contributed by atoms with Gasteiger partial charge in [-0.3, -0.25) is 19.1 Å². The molecule has 0 radical (unpaired) electrons. The zero-order chi connectivity index (χ0) is 29.5. The summed E-state index contributed by atoms with van der Waals surface area (Å²) in [5.74, 6) is 0.0747. The van der Waals surface area contributed by atoms with Gasteiger partial charge in [-0.15, -0.1) is 0 Å². The number of amides is 1. The van der Waals surface area contributed by atoms with Crippen molar-refractivity contribution in [3.63, 3.8) is 0 Å². The number of piperidine rings is 1. The highest BCUT2D eigenvalue weighted by molar-refractivity contribution is 7.76. The number of fused-ring (bicyclic) bond motifs is 1. The van der Waals surface area contributed by atoms with Gasteiger partial charge in [-0.05, 0) is 69.3 Å². The Bertz CT molecular complexity index is 1080. The van der Waals surface area contributed by atoms with Crippen LogP contribution in [-0.4, -0.2) is 99.0 Å². The number of hydrogen-bond acceptors (Lipinski definition) is 8. The Kier molecular flexibility index (Phi) is 11.2. The summed E-state index contributed by atoms with van der Waals surface area (Å²) in [6, 6.07) is 8.09. The van der Waals surface area contributed by atoms with Crippen molar-refractivity contribution in [2.75, 3.05) is 40.0 Å². The lowest BCUT2D eigenvalue weighted by atomic mass is 9.69.